The molecule has 0 saturated heterocycles. The normalized spacial score (nSPS) is 17.1. The highest BCUT2D eigenvalue weighted by atomic mass is 15.4. The van der Waals surface area contributed by atoms with Crippen molar-refractivity contribution in [3.05, 3.63) is 5.69 Å². The van der Waals surface area contributed by atoms with Gasteiger partial charge in [-0.1, -0.05) is 32.1 Å². The van der Waals surface area contributed by atoms with Crippen LogP contribution in [-0.2, 0) is 0 Å². The predicted octanol–water partition coefficient (Wildman–Crippen LogP) is 3.74. The number of nitrogens with one attached hydrogen (secondary N) is 1. The Kier molecular flexibility index (Phi) is 4.72. The fraction of sp³-hybridized carbons (Fsp3) is 0.800. The van der Waals surface area contributed by atoms with E-state index in [2.05, 4.69) is 24.3 Å². The smallest absolute Gasteiger partial charge is 0.148 e. The maximum absolute atomic E-state index is 6.11. The van der Waals surface area contributed by atoms with Gasteiger partial charge in [0.05, 0.1) is 11.4 Å². The second-order valence-corrected chi connectivity index (χ2v) is 6.11. The molecule has 1 aliphatic carbocycles. The van der Waals surface area contributed by atoms with E-state index in [1.807, 2.05) is 11.6 Å². The summed E-state index contributed by atoms with van der Waals surface area (Å²) in [5, 5.41) is 8.01. The van der Waals surface area contributed by atoms with Crippen molar-refractivity contribution in [1.29, 1.82) is 0 Å². The van der Waals surface area contributed by atoms with Crippen LogP contribution in [0, 0.1) is 12.8 Å². The molecule has 19 heavy (non-hydrogen) atoms. The van der Waals surface area contributed by atoms with E-state index < -0.39 is 0 Å². The van der Waals surface area contributed by atoms with Crippen LogP contribution in [0.4, 0.5) is 11.5 Å². The summed E-state index contributed by atoms with van der Waals surface area (Å²) in [6.07, 6.45) is 8.31. The van der Waals surface area contributed by atoms with E-state index in [1.165, 1.54) is 38.5 Å². The predicted molar refractivity (Wildman–Crippen MR) is 81.4 cm³/mol. The number of hydrogen-bond donors (Lipinski definition) is 2. The topological polar surface area (TPSA) is 55.9 Å². The molecule has 0 amide bonds. The van der Waals surface area contributed by atoms with Crippen molar-refractivity contribution in [3.63, 3.8) is 0 Å². The Morgan fingerprint density at radius 2 is 2.00 bits per heavy atom. The van der Waals surface area contributed by atoms with Crippen LogP contribution >= 0.6 is 0 Å². The highest BCUT2D eigenvalue weighted by Gasteiger charge is 2.16. The second kappa shape index (κ2) is 6.31. The zero-order valence-corrected chi connectivity index (χ0v) is 12.6. The third-order valence-electron chi connectivity index (χ3n) is 4.19. The van der Waals surface area contributed by atoms with Gasteiger partial charge in [-0.05, 0) is 33.1 Å². The summed E-state index contributed by atoms with van der Waals surface area (Å²) in [5.74, 6) is 1.90. The van der Waals surface area contributed by atoms with Gasteiger partial charge >= 0.3 is 0 Å². The number of aryl methyl sites for hydroxylation is 1. The number of anilines is 2. The van der Waals surface area contributed by atoms with Crippen molar-refractivity contribution in [1.82, 2.24) is 9.78 Å². The minimum Gasteiger partial charge on any atom is -0.394 e. The number of rotatable bonds is 5. The minimum absolute atomic E-state index is 0.341. The summed E-state index contributed by atoms with van der Waals surface area (Å²) in [5.41, 5.74) is 7.84. The van der Waals surface area contributed by atoms with Crippen LogP contribution in [0.1, 0.15) is 64.1 Å². The number of hydrogen-bond acceptors (Lipinski definition) is 3. The van der Waals surface area contributed by atoms with Gasteiger partial charge in [-0.3, -0.25) is 0 Å². The van der Waals surface area contributed by atoms with Gasteiger partial charge in [0.1, 0.15) is 5.82 Å². The fourth-order valence-electron chi connectivity index (χ4n) is 2.98. The highest BCUT2D eigenvalue weighted by Crippen LogP contribution is 2.28. The zero-order chi connectivity index (χ0) is 13.8. The molecule has 0 unspecified atom stereocenters. The lowest BCUT2D eigenvalue weighted by molar-refractivity contribution is 0.345. The minimum atomic E-state index is 0.341. The Morgan fingerprint density at radius 3 is 2.63 bits per heavy atom. The Bertz CT molecular complexity index is 403. The first-order valence-electron chi connectivity index (χ1n) is 7.68. The summed E-state index contributed by atoms with van der Waals surface area (Å²) in [4.78, 5) is 0. The second-order valence-electron chi connectivity index (χ2n) is 6.11. The third-order valence-corrected chi connectivity index (χ3v) is 4.19. The Morgan fingerprint density at radius 1 is 1.32 bits per heavy atom. The highest BCUT2D eigenvalue weighted by molar-refractivity contribution is 5.64. The molecule has 1 aromatic rings. The van der Waals surface area contributed by atoms with Crippen LogP contribution in [-0.4, -0.2) is 16.3 Å². The third kappa shape index (κ3) is 3.43. The zero-order valence-electron chi connectivity index (χ0n) is 12.6. The van der Waals surface area contributed by atoms with Crippen LogP contribution < -0.4 is 11.1 Å². The first-order valence-corrected chi connectivity index (χ1v) is 7.68. The number of nitrogens with two attached hydrogens (primary N) is 1. The van der Waals surface area contributed by atoms with E-state index in [1.54, 1.807) is 0 Å². The largest absolute Gasteiger partial charge is 0.394 e. The Hall–Kier alpha value is -1.19. The molecule has 0 bridgehead atoms. The van der Waals surface area contributed by atoms with Crippen molar-refractivity contribution in [3.8, 4) is 0 Å². The average Bonchev–Trinajstić information content (AvgIpc) is 2.68. The SMILES string of the molecule is Cc1nn(C(C)C)c(NCCC2CCCCC2)c1N. The molecule has 1 aliphatic rings. The molecule has 4 heteroatoms. The molecular formula is C15H28N4. The lowest BCUT2D eigenvalue weighted by atomic mass is 9.87. The quantitative estimate of drug-likeness (QED) is 0.852. The van der Waals surface area contributed by atoms with E-state index in [0.29, 0.717) is 6.04 Å². The van der Waals surface area contributed by atoms with Crippen molar-refractivity contribution in [2.45, 2.75) is 65.3 Å². The van der Waals surface area contributed by atoms with Crippen molar-refractivity contribution < 1.29 is 0 Å². The van der Waals surface area contributed by atoms with Crippen molar-refractivity contribution >= 4 is 11.5 Å². The molecule has 1 fully saturated rings. The Labute approximate surface area is 116 Å². The van der Waals surface area contributed by atoms with Crippen molar-refractivity contribution in [2.75, 3.05) is 17.6 Å². The number of nitrogen functional groups attached to an aromatic ring is 1. The first-order chi connectivity index (χ1) is 9.09. The molecule has 2 rings (SSSR count). The molecule has 0 aromatic carbocycles. The summed E-state index contributed by atoms with van der Waals surface area (Å²) < 4.78 is 2.01. The summed E-state index contributed by atoms with van der Waals surface area (Å²) in [6, 6.07) is 0.341. The van der Waals surface area contributed by atoms with Gasteiger partial charge in [0.15, 0.2) is 0 Å². The maximum atomic E-state index is 6.11. The molecule has 3 N–H and O–H groups in total. The van der Waals surface area contributed by atoms with Crippen molar-refractivity contribution in [2.24, 2.45) is 5.92 Å². The first kappa shape index (κ1) is 14.2. The molecule has 4 nitrogen and oxygen atoms in total. The lowest BCUT2D eigenvalue weighted by Crippen LogP contribution is -2.15. The van der Waals surface area contributed by atoms with Gasteiger partial charge in [0.25, 0.3) is 0 Å². The molecule has 0 spiro atoms. The van der Waals surface area contributed by atoms with E-state index in [4.69, 9.17) is 5.73 Å². The van der Waals surface area contributed by atoms with Crippen LogP contribution in [0.5, 0.6) is 0 Å². The van der Waals surface area contributed by atoms with Crippen LogP contribution in [0.3, 0.4) is 0 Å². The van der Waals surface area contributed by atoms with E-state index in [0.717, 1.165) is 29.7 Å². The molecule has 1 heterocycles. The molecule has 1 aromatic heterocycles. The van der Waals surface area contributed by atoms with E-state index in [9.17, 15) is 0 Å². The van der Waals surface area contributed by atoms with E-state index in [-0.39, 0.29) is 0 Å². The fourth-order valence-corrected chi connectivity index (χ4v) is 2.98. The van der Waals surface area contributed by atoms with Crippen LogP contribution in [0.25, 0.3) is 0 Å². The van der Waals surface area contributed by atoms with Gasteiger partial charge in [-0.25, -0.2) is 4.68 Å². The summed E-state index contributed by atoms with van der Waals surface area (Å²) >= 11 is 0. The summed E-state index contributed by atoms with van der Waals surface area (Å²) in [7, 11) is 0. The molecule has 1 saturated carbocycles. The number of aromatic nitrogens is 2. The van der Waals surface area contributed by atoms with Crippen LogP contribution in [0.2, 0.25) is 0 Å². The number of nitrogens with zero attached hydrogens (tertiary/aromatic N) is 2. The van der Waals surface area contributed by atoms with Gasteiger partial charge in [-0.15, -0.1) is 0 Å². The van der Waals surface area contributed by atoms with E-state index >= 15 is 0 Å². The van der Waals surface area contributed by atoms with Gasteiger partial charge in [0.2, 0.25) is 0 Å². The van der Waals surface area contributed by atoms with Gasteiger partial charge in [0, 0.05) is 12.6 Å². The Balaban J connectivity index is 1.91. The summed E-state index contributed by atoms with van der Waals surface area (Å²) in [6.45, 7) is 7.25. The maximum Gasteiger partial charge on any atom is 0.148 e. The van der Waals surface area contributed by atoms with Gasteiger partial charge < -0.3 is 11.1 Å². The molecule has 0 radical (unpaired) electrons. The molecular weight excluding hydrogens is 236 g/mol. The lowest BCUT2D eigenvalue weighted by Gasteiger charge is -2.22. The van der Waals surface area contributed by atoms with Gasteiger partial charge in [-0.2, -0.15) is 5.10 Å². The molecule has 0 aliphatic heterocycles. The molecule has 108 valence electrons. The van der Waals surface area contributed by atoms with Crippen LogP contribution in [0.15, 0.2) is 0 Å². The monoisotopic (exact) mass is 264 g/mol. The molecule has 0 atom stereocenters. The average molecular weight is 264 g/mol. The standard InChI is InChI=1S/C15H28N4/c1-11(2)19-15(14(16)12(3)18-19)17-10-9-13-7-5-4-6-8-13/h11,13,17H,4-10,16H2,1-3H3.